The number of ether oxygens (including phenoxy) is 3. The molecule has 3 fully saturated rings. The van der Waals surface area contributed by atoms with Crippen molar-refractivity contribution in [1.82, 2.24) is 0 Å². The van der Waals surface area contributed by atoms with Gasteiger partial charge in [-0.15, -0.1) is 0 Å². The molecule has 4 aliphatic carbocycles. The minimum atomic E-state index is -1.48. The third kappa shape index (κ3) is 4.19. The van der Waals surface area contributed by atoms with Gasteiger partial charge in [-0.05, 0) is 43.7 Å². The van der Waals surface area contributed by atoms with E-state index in [2.05, 4.69) is 6.08 Å². The van der Waals surface area contributed by atoms with Crippen LogP contribution in [0.25, 0.3) is 0 Å². The molecule has 1 aromatic heterocycles. The molecule has 1 aromatic rings. The van der Waals surface area contributed by atoms with Gasteiger partial charge in [0.25, 0.3) is 0 Å². The number of hydrogen-bond donors (Lipinski definition) is 3. The summed E-state index contributed by atoms with van der Waals surface area (Å²) >= 11 is 0. The lowest BCUT2D eigenvalue weighted by Crippen LogP contribution is -2.76. The first-order valence-electron chi connectivity index (χ1n) is 15.8. The van der Waals surface area contributed by atoms with E-state index in [-0.39, 0.29) is 18.8 Å². The maximum Gasteiger partial charge on any atom is 0.314 e. The molecule has 3 saturated carbocycles. The standard InChI is InChI=1S/C34H48O10/c1-9-17(2)29(39)44-28-26(38)27-32(5,21-11-10-20(31(21,28)4)19-12-13-42-16-19)23(36)14-22-33(6,30(40)41-8)24(37)15-25(34(22,27)7)43-18(3)35/h11-13,16-17,20,22-28,36-38H,9-10,14-15H2,1-8H3/t17?,20-,22?,23+,24+,25-,26?,27?,28-,31-,32+,33-,34+/m0/s1. The number of allylic oxidation sites excluding steroid dienone is 1. The second-order valence-electron chi connectivity index (χ2n) is 14.5. The molecule has 44 heavy (non-hydrogen) atoms. The highest BCUT2D eigenvalue weighted by molar-refractivity contribution is 5.78. The Kier molecular flexibility index (Phi) is 8.16. The zero-order chi connectivity index (χ0) is 32.6. The molecule has 0 bridgehead atoms. The summed E-state index contributed by atoms with van der Waals surface area (Å²) in [6, 6.07) is 1.87. The predicted octanol–water partition coefficient (Wildman–Crippen LogP) is 3.92. The smallest absolute Gasteiger partial charge is 0.314 e. The van der Waals surface area contributed by atoms with Gasteiger partial charge in [0.2, 0.25) is 0 Å². The first-order chi connectivity index (χ1) is 20.5. The highest BCUT2D eigenvalue weighted by Crippen LogP contribution is 2.74. The number of furan rings is 1. The topological polar surface area (TPSA) is 153 Å². The number of aliphatic hydroxyl groups is 3. The summed E-state index contributed by atoms with van der Waals surface area (Å²) < 4.78 is 22.9. The second-order valence-corrected chi connectivity index (χ2v) is 14.5. The first kappa shape index (κ1) is 32.7. The Hall–Kier alpha value is -2.69. The molecule has 0 amide bonds. The van der Waals surface area contributed by atoms with Crippen LogP contribution in [-0.2, 0) is 28.6 Å². The number of methoxy groups -OCH3 is 1. The summed E-state index contributed by atoms with van der Waals surface area (Å²) in [5.74, 6) is -3.88. The molecule has 0 spiro atoms. The van der Waals surface area contributed by atoms with E-state index in [0.29, 0.717) is 12.8 Å². The fourth-order valence-corrected chi connectivity index (χ4v) is 10.1. The molecule has 0 aliphatic heterocycles. The van der Waals surface area contributed by atoms with Crippen LogP contribution >= 0.6 is 0 Å². The number of fused-ring (bicyclic) bond motifs is 5. The number of carbonyl (C=O) groups excluding carboxylic acids is 3. The SMILES string of the molecule is CCC(C)C(=O)O[C@H]1C(O)C2[C@]3(C)C(C[C@@H](O)[C@@]2(C)C2=CC[C@@H](c4ccoc4)[C@@]21C)[C@](C)(C(=O)OC)[C@H](O)C[C@@H]3OC(C)=O. The Balaban J connectivity index is 1.75. The molecule has 0 aromatic carbocycles. The summed E-state index contributed by atoms with van der Waals surface area (Å²) in [7, 11) is 1.25. The molecule has 244 valence electrons. The molecule has 4 aliphatic rings. The van der Waals surface area contributed by atoms with E-state index in [9.17, 15) is 29.7 Å². The van der Waals surface area contributed by atoms with E-state index >= 15 is 0 Å². The Bertz CT molecular complexity index is 1320. The number of carbonyl (C=O) groups is 3. The summed E-state index contributed by atoms with van der Waals surface area (Å²) in [6.45, 7) is 12.4. The first-order valence-corrected chi connectivity index (χ1v) is 15.8. The fourth-order valence-electron chi connectivity index (χ4n) is 10.1. The van der Waals surface area contributed by atoms with Crippen LogP contribution in [-0.4, -0.2) is 70.9 Å². The van der Waals surface area contributed by atoms with Crippen molar-refractivity contribution in [2.45, 2.75) is 111 Å². The Labute approximate surface area is 259 Å². The summed E-state index contributed by atoms with van der Waals surface area (Å²) in [5, 5.41) is 36.4. The van der Waals surface area contributed by atoms with Crippen LogP contribution in [0.1, 0.15) is 85.6 Å². The maximum atomic E-state index is 13.5. The van der Waals surface area contributed by atoms with Crippen molar-refractivity contribution < 1.29 is 48.3 Å². The van der Waals surface area contributed by atoms with Gasteiger partial charge in [0.1, 0.15) is 12.2 Å². The van der Waals surface area contributed by atoms with Gasteiger partial charge in [-0.3, -0.25) is 14.4 Å². The van der Waals surface area contributed by atoms with Crippen molar-refractivity contribution in [3.05, 3.63) is 35.8 Å². The molecular weight excluding hydrogens is 568 g/mol. The van der Waals surface area contributed by atoms with Gasteiger partial charge in [0.05, 0.1) is 49.3 Å². The molecule has 5 rings (SSSR count). The Morgan fingerprint density at radius 3 is 2.30 bits per heavy atom. The van der Waals surface area contributed by atoms with Crippen molar-refractivity contribution in [1.29, 1.82) is 0 Å². The molecule has 10 heteroatoms. The van der Waals surface area contributed by atoms with E-state index in [1.807, 2.05) is 33.8 Å². The van der Waals surface area contributed by atoms with Gasteiger partial charge in [0, 0.05) is 41.4 Å². The molecule has 1 heterocycles. The quantitative estimate of drug-likeness (QED) is 0.244. The highest BCUT2D eigenvalue weighted by Gasteiger charge is 2.77. The zero-order valence-electron chi connectivity index (χ0n) is 27.0. The molecule has 4 unspecified atom stereocenters. The van der Waals surface area contributed by atoms with Crippen LogP contribution in [0.5, 0.6) is 0 Å². The highest BCUT2D eigenvalue weighted by atomic mass is 16.6. The van der Waals surface area contributed by atoms with Gasteiger partial charge in [-0.25, -0.2) is 0 Å². The third-order valence-corrected chi connectivity index (χ3v) is 12.6. The molecule has 0 saturated heterocycles. The third-order valence-electron chi connectivity index (χ3n) is 12.6. The van der Waals surface area contributed by atoms with Gasteiger partial charge >= 0.3 is 17.9 Å². The van der Waals surface area contributed by atoms with Crippen LogP contribution in [0.4, 0.5) is 0 Å². The number of hydrogen-bond acceptors (Lipinski definition) is 10. The van der Waals surface area contributed by atoms with Crippen molar-refractivity contribution in [2.75, 3.05) is 7.11 Å². The number of aliphatic hydroxyl groups excluding tert-OH is 3. The van der Waals surface area contributed by atoms with Gasteiger partial charge in [-0.1, -0.05) is 46.3 Å². The molecule has 13 atom stereocenters. The van der Waals surface area contributed by atoms with Crippen LogP contribution in [0.2, 0.25) is 0 Å². The predicted molar refractivity (Wildman–Crippen MR) is 158 cm³/mol. The summed E-state index contributed by atoms with van der Waals surface area (Å²) in [4.78, 5) is 39.4. The normalized spacial score (nSPS) is 45.2. The van der Waals surface area contributed by atoms with Crippen molar-refractivity contribution in [3.8, 4) is 0 Å². The summed E-state index contributed by atoms with van der Waals surface area (Å²) in [6.07, 6.45) is 0.888. The molecular formula is C34H48O10. The average Bonchev–Trinajstić information content (AvgIpc) is 3.62. The van der Waals surface area contributed by atoms with Crippen LogP contribution in [0.3, 0.4) is 0 Å². The minimum absolute atomic E-state index is 0.0706. The lowest BCUT2D eigenvalue weighted by Gasteiger charge is -2.70. The largest absolute Gasteiger partial charge is 0.472 e. The van der Waals surface area contributed by atoms with E-state index in [1.54, 1.807) is 26.4 Å². The number of esters is 3. The molecule has 0 radical (unpaired) electrons. The van der Waals surface area contributed by atoms with Crippen molar-refractivity contribution in [3.63, 3.8) is 0 Å². The number of rotatable bonds is 6. The van der Waals surface area contributed by atoms with E-state index in [0.717, 1.165) is 11.1 Å². The van der Waals surface area contributed by atoms with E-state index < -0.39 is 87.8 Å². The fraction of sp³-hybridized carbons (Fsp3) is 0.735. The average molecular weight is 617 g/mol. The Morgan fingerprint density at radius 1 is 1.05 bits per heavy atom. The zero-order valence-corrected chi connectivity index (χ0v) is 27.0. The minimum Gasteiger partial charge on any atom is -0.472 e. The van der Waals surface area contributed by atoms with Crippen molar-refractivity contribution >= 4 is 17.9 Å². The molecule has 3 N–H and O–H groups in total. The second kappa shape index (κ2) is 11.0. The maximum absolute atomic E-state index is 13.5. The van der Waals surface area contributed by atoms with Crippen molar-refractivity contribution in [2.24, 2.45) is 39.4 Å². The summed E-state index contributed by atoms with van der Waals surface area (Å²) in [5.41, 5.74) is -2.88. The molecule has 10 nitrogen and oxygen atoms in total. The lowest BCUT2D eigenvalue weighted by molar-refractivity contribution is -0.291. The Morgan fingerprint density at radius 2 is 1.73 bits per heavy atom. The van der Waals surface area contributed by atoms with Crippen LogP contribution in [0, 0.1) is 39.4 Å². The van der Waals surface area contributed by atoms with E-state index in [1.165, 1.54) is 14.0 Å². The lowest BCUT2D eigenvalue weighted by atomic mass is 9.35. The van der Waals surface area contributed by atoms with Gasteiger partial charge in [0.15, 0.2) is 0 Å². The van der Waals surface area contributed by atoms with E-state index in [4.69, 9.17) is 18.6 Å². The van der Waals surface area contributed by atoms with Crippen LogP contribution < -0.4 is 0 Å². The van der Waals surface area contributed by atoms with Gasteiger partial charge in [-0.2, -0.15) is 0 Å². The van der Waals surface area contributed by atoms with Crippen LogP contribution in [0.15, 0.2) is 34.7 Å². The van der Waals surface area contributed by atoms with Gasteiger partial charge < -0.3 is 33.9 Å². The monoisotopic (exact) mass is 616 g/mol.